The summed E-state index contributed by atoms with van der Waals surface area (Å²) in [5.41, 5.74) is 3.36. The van der Waals surface area contributed by atoms with Crippen molar-refractivity contribution in [1.29, 1.82) is 0 Å². The minimum atomic E-state index is 0.695. The molecule has 5 heteroatoms. The Morgan fingerprint density at radius 3 is 2.65 bits per heavy atom. The van der Waals surface area contributed by atoms with Crippen LogP contribution in [-0.2, 0) is 20.0 Å². The molecular weight excluding hydrogens is 268 g/mol. The van der Waals surface area contributed by atoms with Crippen LogP contribution in [-0.4, -0.2) is 19.3 Å². The number of hydrogen-bond acceptors (Lipinski definition) is 2. The number of fused-ring (bicyclic) bond motifs is 1. The van der Waals surface area contributed by atoms with Crippen molar-refractivity contribution in [3.8, 4) is 0 Å². The van der Waals surface area contributed by atoms with Crippen LogP contribution in [0.15, 0.2) is 0 Å². The first-order valence-electron chi connectivity index (χ1n) is 7.76. The van der Waals surface area contributed by atoms with Gasteiger partial charge in [-0.05, 0) is 31.0 Å². The second kappa shape index (κ2) is 6.57. The van der Waals surface area contributed by atoms with Crippen LogP contribution >= 0.6 is 12.2 Å². The average Bonchev–Trinajstić information content (AvgIpc) is 2.92. The Morgan fingerprint density at radius 1 is 1.30 bits per heavy atom. The topological polar surface area (TPSA) is 38.5 Å². The molecule has 1 atom stereocenters. The molecule has 0 bridgehead atoms. The normalized spacial score (nSPS) is 13.2. The molecule has 2 rings (SSSR count). The fourth-order valence-electron chi connectivity index (χ4n) is 2.87. The van der Waals surface area contributed by atoms with E-state index in [9.17, 15) is 0 Å². The van der Waals surface area contributed by atoms with Crippen molar-refractivity contribution in [1.82, 2.24) is 19.3 Å². The highest BCUT2D eigenvalue weighted by Crippen LogP contribution is 2.22. The third-order valence-electron chi connectivity index (χ3n) is 4.14. The predicted molar refractivity (Wildman–Crippen MR) is 86.6 cm³/mol. The highest BCUT2D eigenvalue weighted by Gasteiger charge is 2.16. The Hall–Kier alpha value is -1.10. The number of imidazole rings is 1. The van der Waals surface area contributed by atoms with Gasteiger partial charge in [0.15, 0.2) is 10.4 Å². The minimum Gasteiger partial charge on any atom is -0.328 e. The van der Waals surface area contributed by atoms with Gasteiger partial charge in [-0.25, -0.2) is 0 Å². The molecule has 20 heavy (non-hydrogen) atoms. The van der Waals surface area contributed by atoms with E-state index in [4.69, 9.17) is 12.2 Å². The molecular formula is C15H26N4S. The molecule has 0 spiro atoms. The predicted octanol–water partition coefficient (Wildman–Crippen LogP) is 4.21. The molecule has 2 aromatic heterocycles. The molecule has 0 aromatic carbocycles. The van der Waals surface area contributed by atoms with Gasteiger partial charge in [-0.3, -0.25) is 4.68 Å². The van der Waals surface area contributed by atoms with Gasteiger partial charge in [-0.1, -0.05) is 40.0 Å². The van der Waals surface area contributed by atoms with Gasteiger partial charge >= 0.3 is 0 Å². The Morgan fingerprint density at radius 2 is 2.05 bits per heavy atom. The van der Waals surface area contributed by atoms with Crippen molar-refractivity contribution in [3.63, 3.8) is 0 Å². The lowest BCUT2D eigenvalue weighted by Gasteiger charge is -2.15. The Bertz CT molecular complexity index is 620. The Kier molecular flexibility index (Phi) is 5.02. The number of rotatable bonds is 7. The summed E-state index contributed by atoms with van der Waals surface area (Å²) >= 11 is 5.52. The number of nitrogens with zero attached hydrogens (tertiary/aromatic N) is 3. The molecule has 0 aliphatic rings. The lowest BCUT2D eigenvalue weighted by atomic mass is 9.99. The van der Waals surface area contributed by atoms with Crippen molar-refractivity contribution in [2.45, 2.75) is 59.4 Å². The third kappa shape index (κ3) is 2.82. The molecule has 2 heterocycles. The van der Waals surface area contributed by atoms with Crippen molar-refractivity contribution >= 4 is 23.4 Å². The molecule has 1 unspecified atom stereocenters. The first-order chi connectivity index (χ1) is 9.62. The van der Waals surface area contributed by atoms with Gasteiger partial charge in [0.2, 0.25) is 0 Å². The standard InChI is InChI=1S/C15H26N4S/c1-5-8-9-11(6-2)10-19-14-13(16-15(19)20)12(7-3)17-18(14)4/h11H,5-10H2,1-4H3,(H,16,20). The number of H-pyrrole nitrogens is 1. The Labute approximate surface area is 126 Å². The fourth-order valence-corrected chi connectivity index (χ4v) is 3.13. The summed E-state index contributed by atoms with van der Waals surface area (Å²) in [4.78, 5) is 3.35. The van der Waals surface area contributed by atoms with Gasteiger partial charge in [0.25, 0.3) is 0 Å². The summed E-state index contributed by atoms with van der Waals surface area (Å²) in [6.07, 6.45) is 5.97. The average molecular weight is 294 g/mol. The Balaban J connectivity index is 2.36. The zero-order valence-electron chi connectivity index (χ0n) is 13.1. The quantitative estimate of drug-likeness (QED) is 0.777. The number of aryl methyl sites for hydroxylation is 2. The number of aromatic amines is 1. The van der Waals surface area contributed by atoms with Crippen LogP contribution in [0.4, 0.5) is 0 Å². The lowest BCUT2D eigenvalue weighted by Crippen LogP contribution is -2.12. The number of unbranched alkanes of at least 4 members (excludes halogenated alkanes) is 1. The van der Waals surface area contributed by atoms with E-state index in [0.29, 0.717) is 5.92 Å². The molecule has 0 saturated heterocycles. The largest absolute Gasteiger partial charge is 0.328 e. The molecule has 4 nitrogen and oxygen atoms in total. The van der Waals surface area contributed by atoms with Crippen LogP contribution < -0.4 is 0 Å². The van der Waals surface area contributed by atoms with E-state index in [-0.39, 0.29) is 0 Å². The molecule has 0 aliphatic heterocycles. The van der Waals surface area contributed by atoms with Crippen LogP contribution in [0.25, 0.3) is 11.2 Å². The molecule has 2 aromatic rings. The SMILES string of the molecule is CCCCC(CC)Cn1c(=S)[nH]c2c(CC)nn(C)c21. The van der Waals surface area contributed by atoms with Crippen LogP contribution in [0.5, 0.6) is 0 Å². The summed E-state index contributed by atoms with van der Waals surface area (Å²) in [5.74, 6) is 0.695. The van der Waals surface area contributed by atoms with E-state index in [1.54, 1.807) is 0 Å². The molecule has 0 fully saturated rings. The molecule has 1 N–H and O–H groups in total. The number of hydrogen-bond donors (Lipinski definition) is 1. The van der Waals surface area contributed by atoms with Gasteiger partial charge in [0, 0.05) is 13.6 Å². The number of aromatic nitrogens is 4. The van der Waals surface area contributed by atoms with Crippen LogP contribution in [0.1, 0.15) is 52.1 Å². The second-order valence-electron chi connectivity index (χ2n) is 5.58. The second-order valence-corrected chi connectivity index (χ2v) is 5.97. The summed E-state index contributed by atoms with van der Waals surface area (Å²) < 4.78 is 5.03. The molecule has 0 amide bonds. The summed E-state index contributed by atoms with van der Waals surface area (Å²) in [5, 5.41) is 4.58. The minimum absolute atomic E-state index is 0.695. The summed E-state index contributed by atoms with van der Waals surface area (Å²) in [6, 6.07) is 0. The van der Waals surface area contributed by atoms with Crippen LogP contribution in [0, 0.1) is 10.7 Å². The zero-order chi connectivity index (χ0) is 14.7. The maximum atomic E-state index is 5.52. The van der Waals surface area contributed by atoms with Crippen LogP contribution in [0.2, 0.25) is 0 Å². The van der Waals surface area contributed by atoms with Gasteiger partial charge < -0.3 is 9.55 Å². The van der Waals surface area contributed by atoms with E-state index in [1.165, 1.54) is 25.7 Å². The maximum absolute atomic E-state index is 5.52. The number of nitrogens with one attached hydrogen (secondary N) is 1. The first kappa shape index (κ1) is 15.3. The summed E-state index contributed by atoms with van der Waals surface area (Å²) in [7, 11) is 2.01. The lowest BCUT2D eigenvalue weighted by molar-refractivity contribution is 0.391. The van der Waals surface area contributed by atoms with E-state index < -0.39 is 0 Å². The van der Waals surface area contributed by atoms with E-state index in [0.717, 1.165) is 34.6 Å². The zero-order valence-corrected chi connectivity index (χ0v) is 13.9. The highest BCUT2D eigenvalue weighted by molar-refractivity contribution is 7.71. The molecule has 0 saturated carbocycles. The highest BCUT2D eigenvalue weighted by atomic mass is 32.1. The molecule has 112 valence electrons. The van der Waals surface area contributed by atoms with Gasteiger partial charge in [0.05, 0.1) is 5.69 Å². The van der Waals surface area contributed by atoms with Gasteiger partial charge in [-0.15, -0.1) is 0 Å². The van der Waals surface area contributed by atoms with Gasteiger partial charge in [-0.2, -0.15) is 5.10 Å². The van der Waals surface area contributed by atoms with Crippen molar-refractivity contribution in [3.05, 3.63) is 10.5 Å². The maximum Gasteiger partial charge on any atom is 0.179 e. The van der Waals surface area contributed by atoms with E-state index >= 15 is 0 Å². The monoisotopic (exact) mass is 294 g/mol. The van der Waals surface area contributed by atoms with E-state index in [1.807, 2.05) is 11.7 Å². The van der Waals surface area contributed by atoms with Crippen molar-refractivity contribution in [2.24, 2.45) is 13.0 Å². The van der Waals surface area contributed by atoms with Gasteiger partial charge in [0.1, 0.15) is 5.52 Å². The van der Waals surface area contributed by atoms with E-state index in [2.05, 4.69) is 35.4 Å². The molecule has 0 aliphatic carbocycles. The van der Waals surface area contributed by atoms with Crippen LogP contribution in [0.3, 0.4) is 0 Å². The fraction of sp³-hybridized carbons (Fsp3) is 0.733. The molecule has 0 radical (unpaired) electrons. The summed E-state index contributed by atoms with van der Waals surface area (Å²) in [6.45, 7) is 7.65. The third-order valence-corrected chi connectivity index (χ3v) is 4.46. The first-order valence-corrected chi connectivity index (χ1v) is 8.17. The van der Waals surface area contributed by atoms with Crippen molar-refractivity contribution < 1.29 is 0 Å². The van der Waals surface area contributed by atoms with Crippen molar-refractivity contribution in [2.75, 3.05) is 0 Å². The smallest absolute Gasteiger partial charge is 0.179 e.